The molecule has 0 fully saturated rings. The minimum Gasteiger partial charge on any atom is -0.322 e. The molecule has 5 rings (SSSR count). The first-order valence-electron chi connectivity index (χ1n) is 10.9. The van der Waals surface area contributed by atoms with Gasteiger partial charge in [0.05, 0.1) is 17.7 Å². The number of amides is 3. The molecule has 2 heterocycles. The normalized spacial score (nSPS) is 12.5. The molecule has 0 saturated heterocycles. The van der Waals surface area contributed by atoms with Crippen LogP contribution < -0.4 is 5.32 Å². The van der Waals surface area contributed by atoms with Gasteiger partial charge in [0, 0.05) is 28.5 Å². The fourth-order valence-electron chi connectivity index (χ4n) is 3.85. The molecule has 1 aromatic heterocycles. The molecule has 1 N–H and O–H groups in total. The van der Waals surface area contributed by atoms with Crippen LogP contribution in [0, 0.1) is 6.92 Å². The van der Waals surface area contributed by atoms with Crippen molar-refractivity contribution in [3.8, 4) is 0 Å². The highest BCUT2D eigenvalue weighted by Crippen LogP contribution is 2.28. The number of hydrogen-bond acceptors (Lipinski definition) is 6. The lowest BCUT2D eigenvalue weighted by Gasteiger charge is -2.15. The lowest BCUT2D eigenvalue weighted by molar-refractivity contribution is 0.0642. The number of fused-ring (bicyclic) bond motifs is 1. The van der Waals surface area contributed by atoms with Crippen molar-refractivity contribution in [3.05, 3.63) is 113 Å². The third-order valence-electron chi connectivity index (χ3n) is 5.61. The number of nitrogens with one attached hydrogen (secondary N) is 1. The number of carbonyl (C=O) groups is 3. The fourth-order valence-corrected chi connectivity index (χ4v) is 4.66. The summed E-state index contributed by atoms with van der Waals surface area (Å²) in [5.41, 5.74) is 3.54. The molecule has 0 aliphatic carbocycles. The van der Waals surface area contributed by atoms with Gasteiger partial charge in [-0.05, 0) is 78.3 Å². The van der Waals surface area contributed by atoms with Crippen LogP contribution in [0.25, 0.3) is 0 Å². The van der Waals surface area contributed by atoms with E-state index in [-0.39, 0.29) is 24.3 Å². The van der Waals surface area contributed by atoms with Gasteiger partial charge in [0.25, 0.3) is 17.7 Å². The topological polar surface area (TPSA) is 92.3 Å². The number of imide groups is 1. The highest BCUT2D eigenvalue weighted by Gasteiger charge is 2.35. The number of nitrogens with zero attached hydrogens (tertiary/aromatic N) is 3. The van der Waals surface area contributed by atoms with Gasteiger partial charge in [-0.3, -0.25) is 19.3 Å². The highest BCUT2D eigenvalue weighted by molar-refractivity contribution is 7.99. The largest absolute Gasteiger partial charge is 0.322 e. The number of aryl methyl sites for hydroxylation is 1. The van der Waals surface area contributed by atoms with E-state index in [0.29, 0.717) is 33.1 Å². The van der Waals surface area contributed by atoms with Crippen LogP contribution >= 0.6 is 11.8 Å². The molecule has 3 amide bonds. The Hall–Kier alpha value is -4.30. The summed E-state index contributed by atoms with van der Waals surface area (Å²) in [5, 5.41) is 3.59. The number of anilines is 1. The van der Waals surface area contributed by atoms with Crippen molar-refractivity contribution in [2.75, 3.05) is 5.32 Å². The van der Waals surface area contributed by atoms with Gasteiger partial charge in [-0.2, -0.15) is 0 Å². The zero-order chi connectivity index (χ0) is 24.4. The molecule has 0 saturated carbocycles. The van der Waals surface area contributed by atoms with E-state index >= 15 is 0 Å². The lowest BCUT2D eigenvalue weighted by atomic mass is 10.1. The van der Waals surface area contributed by atoms with E-state index in [4.69, 9.17) is 0 Å². The van der Waals surface area contributed by atoms with Gasteiger partial charge in [0.1, 0.15) is 0 Å². The van der Waals surface area contributed by atoms with E-state index in [1.54, 1.807) is 67.0 Å². The second-order valence-corrected chi connectivity index (χ2v) is 9.05. The molecule has 0 radical (unpaired) electrons. The quantitative estimate of drug-likeness (QED) is 0.309. The summed E-state index contributed by atoms with van der Waals surface area (Å²) < 4.78 is 0. The second-order valence-electron chi connectivity index (χ2n) is 8.01. The molecule has 0 unspecified atom stereocenters. The van der Waals surface area contributed by atoms with Gasteiger partial charge in [-0.15, -0.1) is 0 Å². The summed E-state index contributed by atoms with van der Waals surface area (Å²) in [5.74, 6) is -0.922. The van der Waals surface area contributed by atoms with E-state index in [9.17, 15) is 14.4 Å². The smallest absolute Gasteiger partial charge is 0.261 e. The van der Waals surface area contributed by atoms with Gasteiger partial charge < -0.3 is 5.32 Å². The summed E-state index contributed by atoms with van der Waals surface area (Å²) in [7, 11) is 0. The summed E-state index contributed by atoms with van der Waals surface area (Å²) in [6, 6.07) is 21.2. The van der Waals surface area contributed by atoms with Crippen LogP contribution in [0.3, 0.4) is 0 Å². The Morgan fingerprint density at radius 2 is 1.60 bits per heavy atom. The molecular formula is C27H20N4O3S. The third kappa shape index (κ3) is 4.69. The van der Waals surface area contributed by atoms with Crippen LogP contribution in [0.1, 0.15) is 42.2 Å². The number of hydrogen-bond donors (Lipinski definition) is 1. The van der Waals surface area contributed by atoms with Gasteiger partial charge in [-0.1, -0.05) is 24.3 Å². The Kier molecular flexibility index (Phi) is 6.12. The van der Waals surface area contributed by atoms with Gasteiger partial charge in [0.2, 0.25) is 0 Å². The minimum atomic E-state index is -0.324. The molecule has 0 atom stereocenters. The first-order valence-corrected chi connectivity index (χ1v) is 11.7. The Bertz CT molecular complexity index is 1420. The van der Waals surface area contributed by atoms with Crippen LogP contribution in [-0.2, 0) is 6.54 Å². The molecule has 1 aliphatic rings. The third-order valence-corrected chi connectivity index (χ3v) is 6.49. The monoisotopic (exact) mass is 480 g/mol. The molecule has 3 aromatic carbocycles. The minimum absolute atomic E-state index is 0.0972. The SMILES string of the molecule is Cc1cc(Sc2ncccn2)ccc1NC(=O)c1cccc(CN2C(=O)c3ccccc3C2=O)c1. The van der Waals surface area contributed by atoms with Crippen molar-refractivity contribution in [3.63, 3.8) is 0 Å². The zero-order valence-corrected chi connectivity index (χ0v) is 19.6. The summed E-state index contributed by atoms with van der Waals surface area (Å²) in [6.07, 6.45) is 3.39. The molecule has 35 heavy (non-hydrogen) atoms. The average Bonchev–Trinajstić information content (AvgIpc) is 3.11. The van der Waals surface area contributed by atoms with Crippen molar-refractivity contribution in [1.29, 1.82) is 0 Å². The van der Waals surface area contributed by atoms with E-state index in [2.05, 4.69) is 15.3 Å². The highest BCUT2D eigenvalue weighted by atomic mass is 32.2. The predicted octanol–water partition coefficient (Wildman–Crippen LogP) is 4.98. The number of aromatic nitrogens is 2. The van der Waals surface area contributed by atoms with Crippen LogP contribution in [-0.4, -0.2) is 32.6 Å². The van der Waals surface area contributed by atoms with Crippen molar-refractivity contribution < 1.29 is 14.4 Å². The second kappa shape index (κ2) is 9.52. The Balaban J connectivity index is 1.28. The standard InChI is InChI=1S/C27H20N4O3S/c1-17-14-20(35-27-28-12-5-13-29-27)10-11-23(17)30-24(32)19-7-4-6-18(15-19)16-31-25(33)21-8-2-3-9-22(21)26(31)34/h2-15H,16H2,1H3,(H,30,32). The lowest BCUT2D eigenvalue weighted by Crippen LogP contribution is -2.29. The van der Waals surface area contributed by atoms with Crippen LogP contribution in [0.2, 0.25) is 0 Å². The summed E-state index contributed by atoms with van der Waals surface area (Å²) in [4.78, 5) is 48.9. The first kappa shape index (κ1) is 22.5. The predicted molar refractivity (Wildman–Crippen MR) is 132 cm³/mol. The number of rotatable bonds is 6. The molecule has 0 spiro atoms. The van der Waals surface area contributed by atoms with E-state index in [1.807, 2.05) is 25.1 Å². The maximum atomic E-state index is 13.0. The van der Waals surface area contributed by atoms with E-state index in [1.165, 1.54) is 16.7 Å². The zero-order valence-electron chi connectivity index (χ0n) is 18.8. The maximum Gasteiger partial charge on any atom is 0.261 e. The molecular weight excluding hydrogens is 460 g/mol. The van der Waals surface area contributed by atoms with Crippen LogP contribution in [0.4, 0.5) is 5.69 Å². The van der Waals surface area contributed by atoms with Crippen molar-refractivity contribution in [2.24, 2.45) is 0 Å². The van der Waals surface area contributed by atoms with Gasteiger partial charge in [-0.25, -0.2) is 9.97 Å². The summed E-state index contributed by atoms with van der Waals surface area (Å²) >= 11 is 1.44. The first-order chi connectivity index (χ1) is 17.0. The van der Waals surface area contributed by atoms with Crippen molar-refractivity contribution in [1.82, 2.24) is 14.9 Å². The molecule has 8 heteroatoms. The molecule has 0 bridgehead atoms. The van der Waals surface area contributed by atoms with Crippen molar-refractivity contribution in [2.45, 2.75) is 23.5 Å². The van der Waals surface area contributed by atoms with Crippen LogP contribution in [0.5, 0.6) is 0 Å². The Morgan fingerprint density at radius 3 is 2.29 bits per heavy atom. The van der Waals surface area contributed by atoms with E-state index in [0.717, 1.165) is 10.5 Å². The molecule has 7 nitrogen and oxygen atoms in total. The molecule has 4 aromatic rings. The maximum absolute atomic E-state index is 13.0. The van der Waals surface area contributed by atoms with Crippen molar-refractivity contribution >= 4 is 35.2 Å². The molecule has 172 valence electrons. The Morgan fingerprint density at radius 1 is 0.886 bits per heavy atom. The number of benzene rings is 3. The van der Waals surface area contributed by atoms with Crippen LogP contribution in [0.15, 0.2) is 95.2 Å². The Labute approximate surface area is 206 Å². The number of carbonyl (C=O) groups excluding carboxylic acids is 3. The van der Waals surface area contributed by atoms with E-state index < -0.39 is 0 Å². The van der Waals surface area contributed by atoms with Gasteiger partial charge >= 0.3 is 0 Å². The average molecular weight is 481 g/mol. The fraction of sp³-hybridized carbons (Fsp3) is 0.0741. The molecule has 1 aliphatic heterocycles. The van der Waals surface area contributed by atoms with Gasteiger partial charge in [0.15, 0.2) is 5.16 Å². The summed E-state index contributed by atoms with van der Waals surface area (Å²) in [6.45, 7) is 2.02.